The summed E-state index contributed by atoms with van der Waals surface area (Å²) in [6, 6.07) is 11.2. The van der Waals surface area contributed by atoms with E-state index in [0.29, 0.717) is 17.6 Å². The number of rotatable bonds is 4. The number of piperidine rings is 1. The quantitative estimate of drug-likeness (QED) is 0.773. The van der Waals surface area contributed by atoms with Crippen LogP contribution in [0.15, 0.2) is 43.0 Å². The maximum absolute atomic E-state index is 4.37. The zero-order valence-electron chi connectivity index (χ0n) is 13.8. The van der Waals surface area contributed by atoms with E-state index < -0.39 is 0 Å². The molecular formula is C18H22N6. The molecule has 2 atom stereocenters. The van der Waals surface area contributed by atoms with Crippen molar-refractivity contribution in [2.45, 2.75) is 18.9 Å². The Kier molecular flexibility index (Phi) is 4.13. The minimum atomic E-state index is 0.437. The van der Waals surface area contributed by atoms with Gasteiger partial charge in [0.15, 0.2) is 11.5 Å². The highest BCUT2D eigenvalue weighted by molar-refractivity contribution is 5.81. The van der Waals surface area contributed by atoms with Crippen LogP contribution in [0.5, 0.6) is 0 Å². The molecular weight excluding hydrogens is 300 g/mol. The Hall–Kier alpha value is -2.47. The van der Waals surface area contributed by atoms with Crippen LogP contribution < -0.4 is 5.32 Å². The molecule has 1 aromatic carbocycles. The number of hydrogen-bond donors (Lipinski definition) is 2. The summed E-state index contributed by atoms with van der Waals surface area (Å²) in [5, 5.41) is 3.51. The van der Waals surface area contributed by atoms with Crippen LogP contribution >= 0.6 is 0 Å². The fourth-order valence-electron chi connectivity index (χ4n) is 3.78. The van der Waals surface area contributed by atoms with Gasteiger partial charge in [-0.3, -0.25) is 4.90 Å². The van der Waals surface area contributed by atoms with Gasteiger partial charge >= 0.3 is 0 Å². The molecule has 3 heterocycles. The molecule has 0 saturated carbocycles. The Morgan fingerprint density at radius 3 is 2.96 bits per heavy atom. The Morgan fingerprint density at radius 1 is 1.21 bits per heavy atom. The highest BCUT2D eigenvalue weighted by Crippen LogP contribution is 2.35. The summed E-state index contributed by atoms with van der Waals surface area (Å²) in [6.07, 6.45) is 5.67. The number of hydrogen-bond acceptors (Lipinski definition) is 5. The first-order valence-electron chi connectivity index (χ1n) is 8.46. The van der Waals surface area contributed by atoms with Crippen molar-refractivity contribution in [2.24, 2.45) is 5.92 Å². The molecule has 1 aliphatic heterocycles. The Labute approximate surface area is 141 Å². The molecule has 1 aliphatic rings. The van der Waals surface area contributed by atoms with Gasteiger partial charge in [-0.05, 0) is 37.9 Å². The predicted molar refractivity (Wildman–Crippen MR) is 94.7 cm³/mol. The van der Waals surface area contributed by atoms with Crippen LogP contribution in [0.1, 0.15) is 24.4 Å². The number of imidazole rings is 1. The average Bonchev–Trinajstić information content (AvgIpc) is 3.10. The summed E-state index contributed by atoms with van der Waals surface area (Å²) in [7, 11) is 2.22. The highest BCUT2D eigenvalue weighted by Gasteiger charge is 2.30. The third-order valence-corrected chi connectivity index (χ3v) is 4.90. The third kappa shape index (κ3) is 2.85. The normalized spacial score (nSPS) is 21.9. The van der Waals surface area contributed by atoms with Crippen LogP contribution in [0, 0.1) is 5.92 Å². The molecule has 2 aromatic heterocycles. The second kappa shape index (κ2) is 6.57. The average molecular weight is 322 g/mol. The zero-order valence-corrected chi connectivity index (χ0v) is 13.8. The van der Waals surface area contributed by atoms with Gasteiger partial charge < -0.3 is 10.3 Å². The van der Waals surface area contributed by atoms with Gasteiger partial charge in [0.2, 0.25) is 0 Å². The van der Waals surface area contributed by atoms with E-state index in [4.69, 9.17) is 0 Å². The van der Waals surface area contributed by atoms with E-state index in [9.17, 15) is 0 Å². The van der Waals surface area contributed by atoms with Crippen LogP contribution in [0.4, 0.5) is 5.82 Å². The summed E-state index contributed by atoms with van der Waals surface area (Å²) in [5.41, 5.74) is 2.96. The lowest BCUT2D eigenvalue weighted by molar-refractivity contribution is 0.128. The fraction of sp³-hybridized carbons (Fsp3) is 0.389. The molecule has 6 nitrogen and oxygen atoms in total. The van der Waals surface area contributed by atoms with Crippen LogP contribution in [0.2, 0.25) is 0 Å². The minimum absolute atomic E-state index is 0.437. The third-order valence-electron chi connectivity index (χ3n) is 4.90. The van der Waals surface area contributed by atoms with Crippen molar-refractivity contribution in [3.63, 3.8) is 0 Å². The number of fused-ring (bicyclic) bond motifs is 1. The maximum Gasteiger partial charge on any atom is 0.182 e. The number of likely N-dealkylation sites (tertiary alicyclic amines) is 1. The maximum atomic E-state index is 4.37. The molecule has 0 aliphatic carbocycles. The van der Waals surface area contributed by atoms with Gasteiger partial charge in [-0.2, -0.15) is 0 Å². The molecule has 3 aromatic rings. The highest BCUT2D eigenvalue weighted by atomic mass is 15.2. The number of H-pyrrole nitrogens is 1. The van der Waals surface area contributed by atoms with Crippen LogP contribution in [-0.2, 0) is 0 Å². The lowest BCUT2D eigenvalue weighted by Gasteiger charge is -2.39. The molecule has 6 heteroatoms. The Morgan fingerprint density at radius 2 is 2.08 bits per heavy atom. The first-order valence-corrected chi connectivity index (χ1v) is 8.46. The second-order valence-electron chi connectivity index (χ2n) is 6.44. The van der Waals surface area contributed by atoms with E-state index in [0.717, 1.165) is 24.4 Å². The van der Waals surface area contributed by atoms with Gasteiger partial charge in [0.1, 0.15) is 11.8 Å². The van der Waals surface area contributed by atoms with Gasteiger partial charge in [-0.25, -0.2) is 15.0 Å². The Balaban J connectivity index is 1.54. The molecule has 24 heavy (non-hydrogen) atoms. The monoisotopic (exact) mass is 322 g/mol. The molecule has 1 fully saturated rings. The van der Waals surface area contributed by atoms with Crippen molar-refractivity contribution in [1.82, 2.24) is 24.8 Å². The molecule has 124 valence electrons. The number of nitrogens with zero attached hydrogens (tertiary/aromatic N) is 4. The van der Waals surface area contributed by atoms with Crippen molar-refractivity contribution in [1.29, 1.82) is 0 Å². The van der Waals surface area contributed by atoms with Crippen LogP contribution in [-0.4, -0.2) is 45.0 Å². The molecule has 1 saturated heterocycles. The molecule has 0 amide bonds. The standard InChI is InChI=1S/C18H22N6/c1-24-9-5-8-14(16(24)13-6-3-2-4-7-13)10-19-17-15-18(21-11-20-15)23-12-22-17/h2-4,6-7,11-12,14,16H,5,8-10H2,1H3,(H2,19,20,21,22,23)/t14-,16-/m0/s1. The molecule has 0 spiro atoms. The van der Waals surface area contributed by atoms with Gasteiger partial charge in [-0.15, -0.1) is 0 Å². The van der Waals surface area contributed by atoms with Crippen molar-refractivity contribution < 1.29 is 0 Å². The predicted octanol–water partition coefficient (Wildman–Crippen LogP) is 2.85. The summed E-state index contributed by atoms with van der Waals surface area (Å²) in [5.74, 6) is 1.37. The van der Waals surface area contributed by atoms with E-state index in [2.05, 4.69) is 67.5 Å². The zero-order chi connectivity index (χ0) is 16.4. The summed E-state index contributed by atoms with van der Waals surface area (Å²) in [6.45, 7) is 2.03. The molecule has 0 unspecified atom stereocenters. The van der Waals surface area contributed by atoms with Crippen molar-refractivity contribution in [3.8, 4) is 0 Å². The van der Waals surface area contributed by atoms with Crippen molar-refractivity contribution >= 4 is 17.0 Å². The van der Waals surface area contributed by atoms with E-state index in [1.54, 1.807) is 12.7 Å². The molecule has 2 N–H and O–H groups in total. The lowest BCUT2D eigenvalue weighted by atomic mass is 9.85. The molecule has 0 bridgehead atoms. The number of benzene rings is 1. The van der Waals surface area contributed by atoms with Crippen molar-refractivity contribution in [2.75, 3.05) is 25.5 Å². The van der Waals surface area contributed by atoms with Crippen LogP contribution in [0.25, 0.3) is 11.2 Å². The minimum Gasteiger partial charge on any atom is -0.368 e. The van der Waals surface area contributed by atoms with Gasteiger partial charge in [0.05, 0.1) is 6.33 Å². The number of aromatic amines is 1. The smallest absolute Gasteiger partial charge is 0.182 e. The van der Waals surface area contributed by atoms with Gasteiger partial charge in [-0.1, -0.05) is 30.3 Å². The first kappa shape index (κ1) is 15.1. The number of nitrogens with one attached hydrogen (secondary N) is 2. The second-order valence-corrected chi connectivity index (χ2v) is 6.44. The topological polar surface area (TPSA) is 69.7 Å². The van der Waals surface area contributed by atoms with Crippen molar-refractivity contribution in [3.05, 3.63) is 48.5 Å². The lowest BCUT2D eigenvalue weighted by Crippen LogP contribution is -2.39. The van der Waals surface area contributed by atoms with E-state index in [1.165, 1.54) is 18.4 Å². The molecule has 4 rings (SSSR count). The van der Waals surface area contributed by atoms with E-state index >= 15 is 0 Å². The van der Waals surface area contributed by atoms with E-state index in [1.807, 2.05) is 0 Å². The number of anilines is 1. The Bertz CT molecular complexity index is 799. The SMILES string of the molecule is CN1CCC[C@@H](CNc2ncnc3nc[nH]c23)[C@@H]1c1ccccc1. The summed E-state index contributed by atoms with van der Waals surface area (Å²) < 4.78 is 0. The summed E-state index contributed by atoms with van der Waals surface area (Å²) in [4.78, 5) is 18.3. The van der Waals surface area contributed by atoms with Crippen LogP contribution in [0.3, 0.4) is 0 Å². The number of aromatic nitrogens is 4. The fourth-order valence-corrected chi connectivity index (χ4v) is 3.78. The largest absolute Gasteiger partial charge is 0.368 e. The van der Waals surface area contributed by atoms with Gasteiger partial charge in [0.25, 0.3) is 0 Å². The first-order chi connectivity index (χ1) is 11.8. The molecule has 0 radical (unpaired) electrons. The van der Waals surface area contributed by atoms with Gasteiger partial charge in [0, 0.05) is 12.6 Å². The van der Waals surface area contributed by atoms with E-state index in [-0.39, 0.29) is 0 Å². The summed E-state index contributed by atoms with van der Waals surface area (Å²) >= 11 is 0.